The predicted octanol–water partition coefficient (Wildman–Crippen LogP) is 1.24. The van der Waals surface area contributed by atoms with Crippen LogP contribution in [0.1, 0.15) is 125 Å². The number of phenols is 2. The molecule has 136 heavy (non-hydrogen) atoms. The van der Waals surface area contributed by atoms with Crippen molar-refractivity contribution < 1.29 is 92.0 Å². The summed E-state index contributed by atoms with van der Waals surface area (Å²) < 4.78 is 0. The Labute approximate surface area is 793 Å². The minimum atomic E-state index is -1.86. The van der Waals surface area contributed by atoms with Gasteiger partial charge in [-0.2, -0.15) is 0 Å². The third-order valence-corrected chi connectivity index (χ3v) is 25.8. The zero-order chi connectivity index (χ0) is 98.4. The number of aromatic hydroxyl groups is 2. The molecule has 16 amide bonds. The van der Waals surface area contributed by atoms with Gasteiger partial charge in [-0.1, -0.05) is 167 Å². The summed E-state index contributed by atoms with van der Waals surface area (Å²) in [4.78, 5) is 250. The molecule has 3 fully saturated rings. The van der Waals surface area contributed by atoms with Crippen molar-refractivity contribution in [3.8, 4) is 11.5 Å². The van der Waals surface area contributed by atoms with Gasteiger partial charge >= 0.3 is 0 Å². The number of nitrogens with one attached hydrogen (secondary N) is 10. The highest BCUT2D eigenvalue weighted by Gasteiger charge is 2.48. The maximum Gasteiger partial charge on any atom is 0.246 e. The molecule has 3 aliphatic heterocycles. The third kappa shape index (κ3) is 29.4. The van der Waals surface area contributed by atoms with Crippen LogP contribution in [0.15, 0.2) is 170 Å². The fraction of sp³-hybridized carbons (Fsp3) is 0.449. The number of thioether (sulfide) groups is 1. The van der Waals surface area contributed by atoms with Crippen molar-refractivity contribution in [1.29, 1.82) is 0 Å². The second kappa shape index (κ2) is 50.5. The van der Waals surface area contributed by atoms with E-state index in [2.05, 4.69) is 52.8 Å². The van der Waals surface area contributed by atoms with E-state index in [1.807, 2.05) is 6.92 Å². The van der Waals surface area contributed by atoms with Crippen LogP contribution in [-0.2, 0) is 115 Å². The Bertz CT molecular complexity index is 5330. The maximum atomic E-state index is 16.0. The molecule has 0 bridgehead atoms. The molecule has 3 saturated heterocycles. The van der Waals surface area contributed by atoms with Gasteiger partial charge in [-0.3, -0.25) is 76.7 Å². The molecule has 4 heterocycles. The topological polar surface area (TPSA) is 552 Å². The number of aliphatic hydroxyl groups excluding tert-OH is 1. The molecule has 37 nitrogen and oxygen atoms in total. The summed E-state index contributed by atoms with van der Waals surface area (Å²) in [5, 5.41) is 57.7. The van der Waals surface area contributed by atoms with Gasteiger partial charge in [0.25, 0.3) is 0 Å². The molecule has 0 saturated carbocycles. The van der Waals surface area contributed by atoms with E-state index in [0.29, 0.717) is 76.4 Å². The van der Waals surface area contributed by atoms with Gasteiger partial charge in [-0.25, -0.2) is 0 Å². The zero-order valence-corrected chi connectivity index (χ0v) is 78.2. The Morgan fingerprint density at radius 3 is 1.56 bits per heavy atom. The number of aliphatic hydroxyl groups is 1. The summed E-state index contributed by atoms with van der Waals surface area (Å²) in [6.07, 6.45) is -0.332. The first kappa shape index (κ1) is 104. The van der Waals surface area contributed by atoms with Crippen molar-refractivity contribution >= 4 is 117 Å². The van der Waals surface area contributed by atoms with E-state index in [1.54, 1.807) is 135 Å². The number of hydrogen-bond acceptors (Lipinski definition) is 21. The number of carbonyl (C=O) groups excluding carboxylic acids is 16. The van der Waals surface area contributed by atoms with Gasteiger partial charge in [0, 0.05) is 102 Å². The average molecular weight is 1890 g/mol. The Balaban J connectivity index is 1.06. The van der Waals surface area contributed by atoms with E-state index in [1.165, 1.54) is 79.5 Å². The van der Waals surface area contributed by atoms with Crippen molar-refractivity contribution in [1.82, 2.24) is 77.3 Å². The lowest BCUT2D eigenvalue weighted by Gasteiger charge is -2.38. The lowest BCUT2D eigenvalue weighted by molar-refractivity contribution is -0.152. The van der Waals surface area contributed by atoms with Crippen LogP contribution in [0, 0.1) is 5.92 Å². The lowest BCUT2D eigenvalue weighted by Crippen LogP contribution is -2.63. The van der Waals surface area contributed by atoms with Crippen molar-refractivity contribution in [2.75, 3.05) is 58.8 Å². The minimum Gasteiger partial charge on any atom is -0.508 e. The van der Waals surface area contributed by atoms with Crippen LogP contribution in [-0.4, -0.2) is 283 Å². The molecular weight excluding hydrogens is 1770 g/mol. The number of benzene rings is 6. The van der Waals surface area contributed by atoms with Gasteiger partial charge in [-0.05, 0) is 121 Å². The second-order valence-electron chi connectivity index (χ2n) is 35.2. The molecule has 3 aliphatic rings. The zero-order valence-electron chi connectivity index (χ0n) is 77.3. The normalized spacial score (nSPS) is 23.9. The summed E-state index contributed by atoms with van der Waals surface area (Å²) >= 11 is 0.822. The van der Waals surface area contributed by atoms with Gasteiger partial charge in [0.15, 0.2) is 0 Å². The first-order chi connectivity index (χ1) is 65.1. The molecule has 7 aromatic rings. The van der Waals surface area contributed by atoms with E-state index < -0.39 is 223 Å². The number of amides is 16. The fourth-order valence-corrected chi connectivity index (χ4v) is 18.0. The number of para-hydroxylation sites is 1. The van der Waals surface area contributed by atoms with Crippen molar-refractivity contribution in [3.63, 3.8) is 0 Å². The molecule has 19 N–H and O–H groups in total. The number of nitrogens with zero attached hydrogens (tertiary/aromatic N) is 5. The van der Waals surface area contributed by atoms with Gasteiger partial charge in [0.05, 0.1) is 24.8 Å². The SMILES string of the molecule is CCCC[C@H]1C(=O)N2C[C@H](O)C[C@@H]2C(=O)N[C@@H](CC(N)=O)C(=O)N[C@@H](C(C)C)C(=O)N(C)[C@@H](Cc2ccccc2)C(=O)N[C@@H](Cc2ccc(O)cc2)C(=O)N2CCCC[C@@H]2C(=O)N[C@@H](Cc2c[nH]c3ccccc23)C(=O)N[C@@H](Cc2ccc(O)cc2)C(=O)N[C@@H](CCCCN)C(=O)N[C@H](C(=O)NCC(N)=O)CSCC(=O)N[C@@H](Cc2ccccc2)C(=O)N(C)[C@@H](Cc2ccccc2)C(=O)N1C. The van der Waals surface area contributed by atoms with Crippen LogP contribution in [0.25, 0.3) is 10.9 Å². The maximum absolute atomic E-state index is 16.0. The highest BCUT2D eigenvalue weighted by molar-refractivity contribution is 8.00. The van der Waals surface area contributed by atoms with Crippen LogP contribution >= 0.6 is 11.8 Å². The number of carbonyl (C=O) groups is 16. The number of H-pyrrole nitrogens is 1. The molecular formula is C98H126N18O19S. The predicted molar refractivity (Wildman–Crippen MR) is 507 cm³/mol. The number of aromatic nitrogens is 1. The number of aromatic amines is 1. The Kier molecular flexibility index (Phi) is 38.8. The molecule has 0 radical (unpaired) electrons. The van der Waals surface area contributed by atoms with Gasteiger partial charge in [0.1, 0.15) is 90.0 Å². The molecule has 10 rings (SSSR count). The average Bonchev–Trinajstić information content (AvgIpc) is 1.70. The second-order valence-corrected chi connectivity index (χ2v) is 36.3. The van der Waals surface area contributed by atoms with Crippen LogP contribution in [0.5, 0.6) is 11.5 Å². The van der Waals surface area contributed by atoms with Crippen molar-refractivity contribution in [2.45, 2.75) is 215 Å². The number of hydrogen-bond donors (Lipinski definition) is 16. The summed E-state index contributed by atoms with van der Waals surface area (Å²) in [7, 11) is 4.04. The summed E-state index contributed by atoms with van der Waals surface area (Å²) in [5.74, 6) is -16.5. The standard InChI is InChI=1S/C98H126N18O19S/c1-7-8-33-78-97(134)116-55-67(119)51-80(116)93(130)108-73(52-82(100)120)90(127)111-85(58(2)3)98(135)113(5)79(48-60-26-14-10-15-27-60)92(129)109-75(47-63-37-41-66(118)42-38-63)95(132)115-44-23-21-34-77(115)91(128)107-72(50-64-53-102-69-31-19-18-30-68(64)69)89(126)106-71(45-62-35-39-65(117)40-36-62)88(125)105-70(32-20-22-43-99)87(124)110-76(86(123)103-54-83(101)121)56-136-57-84(122)104-74(46-59-24-12-9-13-25-59)94(131)114(6)81(96(133)112(78)4)49-61-28-16-11-17-29-61/h9-19,24-31,35-42,53,58,67,70-81,85,102,117-119H,7-8,20-23,32-34,43-52,54-57,99H2,1-6H3,(H2,100,120)(H2,101,121)(H,103,123)(H,104,122)(H,105,125)(H,106,126)(H,107,128)(H,108,130)(H,109,129)(H,110,124)(H,111,127)/t67-,70+,71+,72+,73+,74+,75+,76+,77-,78+,79+,80-,81+,85+/m1/s1. The number of fused-ring (bicyclic) bond motifs is 3. The Morgan fingerprint density at radius 1 is 0.471 bits per heavy atom. The first-order valence-electron chi connectivity index (χ1n) is 46.0. The van der Waals surface area contributed by atoms with Crippen LogP contribution in [0.3, 0.4) is 0 Å². The highest BCUT2D eigenvalue weighted by Crippen LogP contribution is 2.29. The van der Waals surface area contributed by atoms with Crippen molar-refractivity contribution in [3.05, 3.63) is 203 Å². The quantitative estimate of drug-likeness (QED) is 0.0358. The number of primary amides is 2. The molecule has 38 heteroatoms. The monoisotopic (exact) mass is 1890 g/mol. The smallest absolute Gasteiger partial charge is 0.246 e. The van der Waals surface area contributed by atoms with E-state index in [0.717, 1.165) is 26.5 Å². The Hall–Kier alpha value is -13.8. The highest BCUT2D eigenvalue weighted by atomic mass is 32.2. The Morgan fingerprint density at radius 2 is 0.971 bits per heavy atom. The van der Waals surface area contributed by atoms with Gasteiger partial charge < -0.3 is 110 Å². The molecule has 14 atom stereocenters. The van der Waals surface area contributed by atoms with E-state index in [-0.39, 0.29) is 88.8 Å². The van der Waals surface area contributed by atoms with E-state index >= 15 is 57.5 Å². The fourth-order valence-electron chi connectivity index (χ4n) is 17.1. The number of piperidine rings is 1. The molecule has 0 spiro atoms. The number of phenolic OH excluding ortho intramolecular Hbond substituents is 2. The summed E-state index contributed by atoms with van der Waals surface area (Å²) in [6, 6.07) is 24.5. The van der Waals surface area contributed by atoms with Gasteiger partial charge in [0.2, 0.25) is 94.5 Å². The van der Waals surface area contributed by atoms with E-state index in [9.17, 15) is 34.5 Å². The van der Waals surface area contributed by atoms with Gasteiger partial charge in [-0.15, -0.1) is 11.8 Å². The number of unbranched alkanes of at least 4 members (excludes halogenated alkanes) is 2. The minimum absolute atomic E-state index is 0.0156. The molecule has 6 aromatic carbocycles. The molecule has 728 valence electrons. The number of nitrogens with two attached hydrogens (primary N) is 3. The number of rotatable bonds is 25. The van der Waals surface area contributed by atoms with Crippen LogP contribution < -0.4 is 65.1 Å². The van der Waals surface area contributed by atoms with E-state index in [4.69, 9.17) is 17.2 Å². The largest absolute Gasteiger partial charge is 0.508 e. The summed E-state index contributed by atoms with van der Waals surface area (Å²) in [6.45, 7) is 3.94. The summed E-state index contributed by atoms with van der Waals surface area (Å²) in [5.41, 5.74) is 21.0. The molecule has 1 aromatic heterocycles. The molecule has 0 unspecified atom stereocenters. The third-order valence-electron chi connectivity index (χ3n) is 24.7. The van der Waals surface area contributed by atoms with Crippen LogP contribution in [0.2, 0.25) is 0 Å². The van der Waals surface area contributed by atoms with Crippen molar-refractivity contribution in [2.24, 2.45) is 23.1 Å². The van der Waals surface area contributed by atoms with Crippen LogP contribution in [0.4, 0.5) is 0 Å². The lowest BCUT2D eigenvalue weighted by atomic mass is 9.96. The number of likely N-dealkylation sites (N-methyl/N-ethyl adjacent to an activating group) is 3. The molecule has 0 aliphatic carbocycles. The first-order valence-corrected chi connectivity index (χ1v) is 47.1.